The fraction of sp³-hybridized carbons (Fsp3) is 0.412. The van der Waals surface area contributed by atoms with E-state index in [0.717, 1.165) is 0 Å². The molecule has 7 nitrogen and oxygen atoms in total. The Morgan fingerprint density at radius 1 is 1.46 bits per heavy atom. The minimum absolute atomic E-state index is 0.155. The molecule has 1 aliphatic rings. The van der Waals surface area contributed by atoms with Crippen molar-refractivity contribution in [3.05, 3.63) is 47.3 Å². The third-order valence-corrected chi connectivity index (χ3v) is 4.29. The van der Waals surface area contributed by atoms with Crippen LogP contribution in [0.1, 0.15) is 47.9 Å². The summed E-state index contributed by atoms with van der Waals surface area (Å²) in [5.74, 6) is -0.195. The summed E-state index contributed by atoms with van der Waals surface area (Å²) in [6, 6.07) is 8.76. The summed E-state index contributed by atoms with van der Waals surface area (Å²) in [6.07, 6.45) is 2.14. The van der Waals surface area contributed by atoms with Crippen LogP contribution in [0.4, 0.5) is 0 Å². The lowest BCUT2D eigenvalue weighted by molar-refractivity contribution is 0.0381. The highest BCUT2D eigenvalue weighted by Gasteiger charge is 2.42. The largest absolute Gasteiger partial charge is 0.381 e. The Bertz CT molecular complexity index is 807. The van der Waals surface area contributed by atoms with Crippen LogP contribution in [0, 0.1) is 11.3 Å². The second kappa shape index (κ2) is 6.06. The molecule has 1 aromatic heterocycles. The third kappa shape index (κ3) is 2.88. The molecule has 7 heteroatoms. The third-order valence-electron chi connectivity index (χ3n) is 4.29. The van der Waals surface area contributed by atoms with Crippen molar-refractivity contribution >= 4 is 5.91 Å². The van der Waals surface area contributed by atoms with Gasteiger partial charge in [-0.05, 0) is 32.0 Å². The number of amides is 1. The van der Waals surface area contributed by atoms with Crippen molar-refractivity contribution in [1.29, 1.82) is 5.26 Å². The van der Waals surface area contributed by atoms with Gasteiger partial charge >= 0.3 is 0 Å². The summed E-state index contributed by atoms with van der Waals surface area (Å²) < 4.78 is 1.69. The van der Waals surface area contributed by atoms with Gasteiger partial charge < -0.3 is 10.0 Å². The second-order valence-electron chi connectivity index (χ2n) is 6.38. The number of hydrogen-bond acceptors (Lipinski definition) is 5. The molecule has 1 atom stereocenters. The van der Waals surface area contributed by atoms with Crippen molar-refractivity contribution in [1.82, 2.24) is 19.9 Å². The van der Waals surface area contributed by atoms with Crippen molar-refractivity contribution in [2.24, 2.45) is 0 Å². The minimum Gasteiger partial charge on any atom is -0.381 e. The monoisotopic (exact) mass is 325 g/mol. The zero-order chi connectivity index (χ0) is 17.3. The molecular weight excluding hydrogens is 306 g/mol. The SMILES string of the molecule is CC(C)n1cc([C@]2(O)CCN(C(=O)c3cccc(C#N)c3)C2)nn1. The standard InChI is InChI=1S/C17H19N5O2/c1-12(2)22-10-15(19-20-22)17(24)6-7-21(11-17)16(23)14-5-3-4-13(8-14)9-18/h3-5,8,10,12,24H,6-7,11H2,1-2H3/t17-/m0/s1. The lowest BCUT2D eigenvalue weighted by Crippen LogP contribution is -2.34. The zero-order valence-electron chi connectivity index (χ0n) is 13.7. The lowest BCUT2D eigenvalue weighted by Gasteiger charge is -2.21. The van der Waals surface area contributed by atoms with Crippen LogP contribution in [0.2, 0.25) is 0 Å². The number of rotatable bonds is 3. The summed E-state index contributed by atoms with van der Waals surface area (Å²) in [6.45, 7) is 4.56. The molecule has 0 saturated carbocycles. The van der Waals surface area contributed by atoms with Gasteiger partial charge in [0.25, 0.3) is 5.91 Å². The molecule has 0 radical (unpaired) electrons. The van der Waals surface area contributed by atoms with Crippen LogP contribution in [0.3, 0.4) is 0 Å². The van der Waals surface area contributed by atoms with Crippen molar-refractivity contribution in [2.45, 2.75) is 31.9 Å². The lowest BCUT2D eigenvalue weighted by atomic mass is 10.00. The molecule has 1 saturated heterocycles. The number of hydrogen-bond donors (Lipinski definition) is 1. The van der Waals surface area contributed by atoms with E-state index < -0.39 is 5.60 Å². The highest BCUT2D eigenvalue weighted by atomic mass is 16.3. The molecule has 0 aliphatic carbocycles. The van der Waals surface area contributed by atoms with Gasteiger partial charge in [0.05, 0.1) is 24.4 Å². The first kappa shape index (κ1) is 16.1. The van der Waals surface area contributed by atoms with Crippen LogP contribution < -0.4 is 0 Å². The Hall–Kier alpha value is -2.72. The number of benzene rings is 1. The summed E-state index contributed by atoms with van der Waals surface area (Å²) in [5, 5.41) is 27.9. The van der Waals surface area contributed by atoms with Crippen molar-refractivity contribution < 1.29 is 9.90 Å². The molecule has 24 heavy (non-hydrogen) atoms. The first-order valence-corrected chi connectivity index (χ1v) is 7.87. The maximum absolute atomic E-state index is 12.6. The first-order valence-electron chi connectivity index (χ1n) is 7.87. The summed E-state index contributed by atoms with van der Waals surface area (Å²) in [5.41, 5.74) is 0.187. The molecule has 2 aromatic rings. The van der Waals surface area contributed by atoms with Gasteiger partial charge in [-0.15, -0.1) is 5.10 Å². The molecule has 2 heterocycles. The van der Waals surface area contributed by atoms with Crippen LogP contribution in [0.25, 0.3) is 0 Å². The Kier molecular flexibility index (Phi) is 4.08. The Labute approximate surface area is 140 Å². The maximum Gasteiger partial charge on any atom is 0.254 e. The van der Waals surface area contributed by atoms with E-state index in [1.807, 2.05) is 19.9 Å². The van der Waals surface area contributed by atoms with Crippen molar-refractivity contribution in [3.8, 4) is 6.07 Å². The number of carbonyl (C=O) groups excluding carboxylic acids is 1. The molecule has 1 aliphatic heterocycles. The van der Waals surface area contributed by atoms with E-state index in [9.17, 15) is 9.90 Å². The van der Waals surface area contributed by atoms with Gasteiger partial charge in [0.1, 0.15) is 11.3 Å². The number of likely N-dealkylation sites (tertiary alicyclic amines) is 1. The Balaban J connectivity index is 1.78. The number of β-amino-alcohol motifs (C(OH)–C–C–N with tert-alkyl or cyclic N) is 1. The first-order chi connectivity index (χ1) is 11.4. The predicted molar refractivity (Wildman–Crippen MR) is 86.0 cm³/mol. The highest BCUT2D eigenvalue weighted by Crippen LogP contribution is 2.31. The van der Waals surface area contributed by atoms with Crippen molar-refractivity contribution in [3.63, 3.8) is 0 Å². The van der Waals surface area contributed by atoms with Crippen LogP contribution in [-0.4, -0.2) is 44.0 Å². The van der Waals surface area contributed by atoms with E-state index in [-0.39, 0.29) is 18.5 Å². The quantitative estimate of drug-likeness (QED) is 0.922. The number of carbonyl (C=O) groups is 1. The van der Waals surface area contributed by atoms with E-state index in [1.165, 1.54) is 0 Å². The highest BCUT2D eigenvalue weighted by molar-refractivity contribution is 5.94. The fourth-order valence-corrected chi connectivity index (χ4v) is 2.82. The average Bonchev–Trinajstić information content (AvgIpc) is 3.22. The van der Waals surface area contributed by atoms with Gasteiger partial charge in [0, 0.05) is 24.6 Å². The molecule has 0 bridgehead atoms. The second-order valence-corrected chi connectivity index (χ2v) is 6.38. The van der Waals surface area contributed by atoms with Gasteiger partial charge in [-0.2, -0.15) is 5.26 Å². The maximum atomic E-state index is 12.6. The van der Waals surface area contributed by atoms with E-state index in [4.69, 9.17) is 5.26 Å². The predicted octanol–water partition coefficient (Wildman–Crippen LogP) is 1.46. The number of aliphatic hydroxyl groups is 1. The van der Waals surface area contributed by atoms with Crippen LogP contribution in [0.5, 0.6) is 0 Å². The number of nitriles is 1. The van der Waals surface area contributed by atoms with Gasteiger partial charge in [-0.1, -0.05) is 11.3 Å². The van der Waals surface area contributed by atoms with E-state index >= 15 is 0 Å². The number of aromatic nitrogens is 3. The van der Waals surface area contributed by atoms with Gasteiger partial charge in [-0.25, -0.2) is 4.68 Å². The molecular formula is C17H19N5O2. The molecule has 0 unspecified atom stereocenters. The van der Waals surface area contributed by atoms with Gasteiger partial charge in [0.15, 0.2) is 0 Å². The molecule has 1 N–H and O–H groups in total. The Morgan fingerprint density at radius 2 is 2.25 bits per heavy atom. The molecule has 1 fully saturated rings. The molecule has 3 rings (SSSR count). The van der Waals surface area contributed by atoms with Crippen LogP contribution >= 0.6 is 0 Å². The van der Waals surface area contributed by atoms with Gasteiger partial charge in [0.2, 0.25) is 0 Å². The average molecular weight is 325 g/mol. The van der Waals surface area contributed by atoms with E-state index in [0.29, 0.717) is 29.8 Å². The van der Waals surface area contributed by atoms with Crippen LogP contribution in [-0.2, 0) is 5.60 Å². The minimum atomic E-state index is -1.18. The molecule has 1 aromatic carbocycles. The molecule has 1 amide bonds. The van der Waals surface area contributed by atoms with Crippen LogP contribution in [0.15, 0.2) is 30.5 Å². The summed E-state index contributed by atoms with van der Waals surface area (Å²) in [7, 11) is 0. The Morgan fingerprint density at radius 3 is 2.92 bits per heavy atom. The molecule has 124 valence electrons. The van der Waals surface area contributed by atoms with E-state index in [1.54, 1.807) is 40.0 Å². The smallest absolute Gasteiger partial charge is 0.254 e. The zero-order valence-corrected chi connectivity index (χ0v) is 13.7. The normalized spacial score (nSPS) is 20.4. The summed E-state index contributed by atoms with van der Waals surface area (Å²) >= 11 is 0. The molecule has 0 spiro atoms. The van der Waals surface area contributed by atoms with Gasteiger partial charge in [-0.3, -0.25) is 4.79 Å². The van der Waals surface area contributed by atoms with Crippen molar-refractivity contribution in [2.75, 3.05) is 13.1 Å². The number of nitrogens with zero attached hydrogens (tertiary/aromatic N) is 5. The van der Waals surface area contributed by atoms with E-state index in [2.05, 4.69) is 10.3 Å². The topological polar surface area (TPSA) is 95.0 Å². The summed E-state index contributed by atoms with van der Waals surface area (Å²) in [4.78, 5) is 14.2. The fourth-order valence-electron chi connectivity index (χ4n) is 2.82.